The predicted molar refractivity (Wildman–Crippen MR) is 112 cm³/mol. The number of aliphatic hydroxyl groups excluding tert-OH is 1. The number of nitrogens with zero attached hydrogens (tertiary/aromatic N) is 3. The van der Waals surface area contributed by atoms with Gasteiger partial charge in [0.15, 0.2) is 5.75 Å². The van der Waals surface area contributed by atoms with Crippen molar-refractivity contribution in [2.24, 2.45) is 0 Å². The van der Waals surface area contributed by atoms with Crippen LogP contribution in [0.3, 0.4) is 0 Å². The van der Waals surface area contributed by atoms with Crippen LogP contribution in [0.2, 0.25) is 0 Å². The Morgan fingerprint density at radius 2 is 1.74 bits per heavy atom. The van der Waals surface area contributed by atoms with Gasteiger partial charge in [0.1, 0.15) is 24.3 Å². The zero-order valence-electron chi connectivity index (χ0n) is 18.2. The number of hydrogen-bond donors (Lipinski definition) is 1. The SMILES string of the molecule is COCn1cc(OC(=O)N(C)S(=O)(=O)c2ccc(C(F)(F)F)cc2)c(C(O)c2ccc(F)cc2)n1. The summed E-state index contributed by atoms with van der Waals surface area (Å²) in [6.45, 7) is -0.111. The third kappa shape index (κ3) is 5.78. The molecule has 3 rings (SSSR count). The molecule has 1 heterocycles. The fourth-order valence-electron chi connectivity index (χ4n) is 2.92. The van der Waals surface area contributed by atoms with Crippen LogP contribution in [-0.2, 0) is 27.7 Å². The van der Waals surface area contributed by atoms with Crippen LogP contribution in [0, 0.1) is 5.82 Å². The lowest BCUT2D eigenvalue weighted by Crippen LogP contribution is -2.35. The normalized spacial score (nSPS) is 12.9. The summed E-state index contributed by atoms with van der Waals surface area (Å²) >= 11 is 0. The smallest absolute Gasteiger partial charge is 0.406 e. The van der Waals surface area contributed by atoms with Gasteiger partial charge in [0.2, 0.25) is 0 Å². The molecule has 0 radical (unpaired) electrons. The third-order valence-electron chi connectivity index (χ3n) is 4.76. The van der Waals surface area contributed by atoms with Gasteiger partial charge in [0.05, 0.1) is 16.7 Å². The molecule has 0 fully saturated rings. The van der Waals surface area contributed by atoms with Crippen molar-refractivity contribution in [1.82, 2.24) is 14.1 Å². The fourth-order valence-corrected chi connectivity index (χ4v) is 3.95. The van der Waals surface area contributed by atoms with Gasteiger partial charge >= 0.3 is 12.3 Å². The van der Waals surface area contributed by atoms with Crippen molar-refractivity contribution in [2.45, 2.75) is 23.9 Å². The van der Waals surface area contributed by atoms with E-state index < -0.39 is 44.7 Å². The lowest BCUT2D eigenvalue weighted by atomic mass is 10.1. The Labute approximate surface area is 197 Å². The molecule has 188 valence electrons. The molecule has 0 aliphatic carbocycles. The molecule has 14 heteroatoms. The molecule has 1 N–H and O–H groups in total. The average Bonchev–Trinajstić information content (AvgIpc) is 3.20. The molecule has 35 heavy (non-hydrogen) atoms. The minimum atomic E-state index is -4.67. The van der Waals surface area contributed by atoms with Crippen molar-refractivity contribution in [3.63, 3.8) is 0 Å². The largest absolute Gasteiger partial charge is 0.429 e. The van der Waals surface area contributed by atoms with Gasteiger partial charge in [-0.15, -0.1) is 0 Å². The molecular formula is C21H19F4N3O6S. The summed E-state index contributed by atoms with van der Waals surface area (Å²) in [5, 5.41) is 14.7. The number of sulfonamides is 1. The van der Waals surface area contributed by atoms with Gasteiger partial charge in [-0.2, -0.15) is 18.3 Å². The number of methoxy groups -OCH3 is 1. The summed E-state index contributed by atoms with van der Waals surface area (Å²) in [7, 11) is -2.37. The number of alkyl halides is 3. The van der Waals surface area contributed by atoms with Crippen molar-refractivity contribution >= 4 is 16.1 Å². The van der Waals surface area contributed by atoms with E-state index in [1.54, 1.807) is 0 Å². The summed E-state index contributed by atoms with van der Waals surface area (Å²) in [5.74, 6) is -0.869. The van der Waals surface area contributed by atoms with Crippen LogP contribution in [0.25, 0.3) is 0 Å². The molecule has 3 aromatic rings. The number of halogens is 4. The van der Waals surface area contributed by atoms with Gasteiger partial charge in [-0.25, -0.2) is 26.6 Å². The summed E-state index contributed by atoms with van der Waals surface area (Å²) in [5.41, 5.74) is -1.05. The number of carbonyl (C=O) groups excluding carboxylic acids is 1. The molecule has 0 aliphatic heterocycles. The van der Waals surface area contributed by atoms with Crippen molar-refractivity contribution in [3.05, 3.63) is 77.4 Å². The number of hydrogen-bond acceptors (Lipinski definition) is 7. The molecule has 0 spiro atoms. The summed E-state index contributed by atoms with van der Waals surface area (Å²) in [6.07, 6.45) is -6.40. The van der Waals surface area contributed by atoms with Crippen LogP contribution in [0.15, 0.2) is 59.6 Å². The van der Waals surface area contributed by atoms with E-state index in [1.807, 2.05) is 0 Å². The average molecular weight is 517 g/mol. The molecule has 2 aromatic carbocycles. The van der Waals surface area contributed by atoms with E-state index in [9.17, 15) is 35.9 Å². The minimum Gasteiger partial charge on any atom is -0.406 e. The van der Waals surface area contributed by atoms with E-state index >= 15 is 0 Å². The molecular weight excluding hydrogens is 498 g/mol. The number of benzene rings is 2. The molecule has 1 unspecified atom stereocenters. The number of aliphatic hydroxyl groups is 1. The Morgan fingerprint density at radius 3 is 2.29 bits per heavy atom. The summed E-state index contributed by atoms with van der Waals surface area (Å²) in [4.78, 5) is 12.0. The van der Waals surface area contributed by atoms with Crippen molar-refractivity contribution < 1.29 is 45.4 Å². The molecule has 0 aliphatic rings. The number of amides is 1. The van der Waals surface area contributed by atoms with Crippen molar-refractivity contribution in [1.29, 1.82) is 0 Å². The van der Waals surface area contributed by atoms with E-state index in [1.165, 1.54) is 25.4 Å². The zero-order chi connectivity index (χ0) is 26.0. The van der Waals surface area contributed by atoms with Gasteiger partial charge in [0.25, 0.3) is 10.0 Å². The topological polar surface area (TPSA) is 111 Å². The molecule has 1 amide bonds. The first-order valence-corrected chi connectivity index (χ1v) is 11.2. The maximum atomic E-state index is 13.2. The highest BCUT2D eigenvalue weighted by molar-refractivity contribution is 7.89. The van der Waals surface area contributed by atoms with Crippen LogP contribution in [0.1, 0.15) is 22.9 Å². The fraction of sp³-hybridized carbons (Fsp3) is 0.238. The van der Waals surface area contributed by atoms with E-state index in [-0.39, 0.29) is 28.0 Å². The van der Waals surface area contributed by atoms with Gasteiger partial charge in [-0.1, -0.05) is 12.1 Å². The second kappa shape index (κ2) is 10.0. The van der Waals surface area contributed by atoms with Gasteiger partial charge < -0.3 is 14.6 Å². The van der Waals surface area contributed by atoms with E-state index in [0.29, 0.717) is 24.3 Å². The molecule has 0 bridgehead atoms. The second-order valence-electron chi connectivity index (χ2n) is 7.15. The maximum Gasteiger partial charge on any atom is 0.429 e. The van der Waals surface area contributed by atoms with Crippen LogP contribution < -0.4 is 4.74 Å². The zero-order valence-corrected chi connectivity index (χ0v) is 19.0. The van der Waals surface area contributed by atoms with Crippen LogP contribution in [0.4, 0.5) is 22.4 Å². The monoisotopic (exact) mass is 517 g/mol. The Hall–Kier alpha value is -3.49. The number of aromatic nitrogens is 2. The lowest BCUT2D eigenvalue weighted by Gasteiger charge is -2.18. The lowest BCUT2D eigenvalue weighted by molar-refractivity contribution is -0.137. The first-order valence-electron chi connectivity index (χ1n) is 9.72. The quantitative estimate of drug-likeness (QED) is 0.477. The van der Waals surface area contributed by atoms with E-state index in [0.717, 1.165) is 23.9 Å². The second-order valence-corrected chi connectivity index (χ2v) is 9.12. The molecule has 9 nitrogen and oxygen atoms in total. The van der Waals surface area contributed by atoms with Crippen LogP contribution >= 0.6 is 0 Å². The van der Waals surface area contributed by atoms with Gasteiger partial charge in [0, 0.05) is 14.2 Å². The van der Waals surface area contributed by atoms with Crippen LogP contribution in [-0.4, -0.2) is 47.9 Å². The standard InChI is InChI=1S/C21H19F4N3O6S/c1-27(35(31,32)16-9-5-14(6-10-16)21(23,24)25)20(30)34-17-11-28(12-33-2)26-18(17)19(29)13-3-7-15(22)8-4-13/h3-11,19,29H,12H2,1-2H3. The molecule has 1 atom stereocenters. The summed E-state index contributed by atoms with van der Waals surface area (Å²) in [6, 6.07) is 7.31. The molecule has 0 saturated heterocycles. The Kier molecular flexibility index (Phi) is 7.47. The molecule has 1 aromatic heterocycles. The summed E-state index contributed by atoms with van der Waals surface area (Å²) < 4.78 is 88.4. The maximum absolute atomic E-state index is 13.2. The first kappa shape index (κ1) is 26.1. The Bertz CT molecular complexity index is 1290. The molecule has 0 saturated carbocycles. The Morgan fingerprint density at radius 1 is 1.14 bits per heavy atom. The number of carbonyl (C=O) groups is 1. The van der Waals surface area contributed by atoms with Gasteiger partial charge in [-0.3, -0.25) is 0 Å². The first-order chi connectivity index (χ1) is 16.3. The number of rotatable bonds is 7. The minimum absolute atomic E-state index is 0.111. The van der Waals surface area contributed by atoms with Crippen molar-refractivity contribution in [3.8, 4) is 5.75 Å². The highest BCUT2D eigenvalue weighted by Gasteiger charge is 2.33. The van der Waals surface area contributed by atoms with Crippen LogP contribution in [0.5, 0.6) is 5.75 Å². The predicted octanol–water partition coefficient (Wildman–Crippen LogP) is 3.55. The third-order valence-corrected chi connectivity index (χ3v) is 6.49. The number of ether oxygens (including phenoxy) is 2. The van der Waals surface area contributed by atoms with Crippen molar-refractivity contribution in [2.75, 3.05) is 14.2 Å². The van der Waals surface area contributed by atoms with Gasteiger partial charge in [-0.05, 0) is 42.0 Å². The van der Waals surface area contributed by atoms with E-state index in [2.05, 4.69) is 5.10 Å². The highest BCUT2D eigenvalue weighted by Crippen LogP contribution is 2.31. The Balaban J connectivity index is 1.87. The highest BCUT2D eigenvalue weighted by atomic mass is 32.2. The van der Waals surface area contributed by atoms with E-state index in [4.69, 9.17) is 9.47 Å².